The smallest absolute Gasteiger partial charge is 0.315 e. The van der Waals surface area contributed by atoms with E-state index in [1.165, 1.54) is 4.31 Å². The molecule has 5 fully saturated rings. The van der Waals surface area contributed by atoms with Crippen LogP contribution in [0.15, 0.2) is 0 Å². The number of fused-ring (bicyclic) bond motifs is 1. The van der Waals surface area contributed by atoms with E-state index < -0.39 is 68.0 Å². The van der Waals surface area contributed by atoms with Crippen molar-refractivity contribution in [1.29, 1.82) is 0 Å². The second kappa shape index (κ2) is 14.2. The van der Waals surface area contributed by atoms with Gasteiger partial charge in [-0.1, -0.05) is 59.8 Å². The lowest BCUT2D eigenvalue weighted by atomic mass is 9.78. The van der Waals surface area contributed by atoms with Crippen molar-refractivity contribution in [2.24, 2.45) is 17.3 Å². The molecule has 5 aliphatic rings. The summed E-state index contributed by atoms with van der Waals surface area (Å²) in [7, 11) is -2.02. The van der Waals surface area contributed by atoms with Crippen LogP contribution in [-0.2, 0) is 29.2 Å². The molecule has 5 rings (SSSR count). The highest BCUT2D eigenvalue weighted by Crippen LogP contribution is 2.43. The van der Waals surface area contributed by atoms with Crippen LogP contribution in [0.5, 0.6) is 0 Å². The van der Waals surface area contributed by atoms with Crippen molar-refractivity contribution in [3.8, 4) is 0 Å². The normalized spacial score (nSPS) is 29.4. The zero-order chi connectivity index (χ0) is 35.0. The second-order valence-corrected chi connectivity index (χ2v) is 18.2. The van der Waals surface area contributed by atoms with Crippen molar-refractivity contribution in [2.75, 3.05) is 20.1 Å². The molecular formula is C34H56N6O7S. The molecule has 2 heterocycles. The summed E-state index contributed by atoms with van der Waals surface area (Å²) in [5.74, 6) is -2.16. The number of urea groups is 1. The lowest BCUT2D eigenvalue weighted by Gasteiger charge is -2.43. The predicted octanol–water partition coefficient (Wildman–Crippen LogP) is 2.20. The van der Waals surface area contributed by atoms with Crippen LogP contribution in [-0.4, -0.2) is 102 Å². The molecule has 270 valence electrons. The number of carbonyl (C=O) groups is 5. The fraction of sp³-hybridized carbons (Fsp3) is 0.853. The first-order valence-corrected chi connectivity index (χ1v) is 19.6. The van der Waals surface area contributed by atoms with E-state index in [1.807, 2.05) is 27.7 Å². The Morgan fingerprint density at radius 1 is 0.917 bits per heavy atom. The number of hydrogen-bond donors (Lipinski definition) is 4. The number of sulfonamides is 1. The minimum absolute atomic E-state index is 0.0116. The number of amides is 5. The van der Waals surface area contributed by atoms with Gasteiger partial charge in [-0.15, -0.1) is 0 Å². The SMILES string of the molecule is CCC[C@H](NC(=O)[C@@H]1[C@H]2CCC[C@H]2CN1C(=O)[C@@H](NC(=O)NC1([C@H]2CCN(C)S2(=O)=O)CCCCC1)C(C)(C)C)C(=O)C(=O)NC1CC1. The lowest BCUT2D eigenvalue weighted by molar-refractivity contribution is -0.144. The highest BCUT2D eigenvalue weighted by atomic mass is 32.2. The van der Waals surface area contributed by atoms with E-state index in [9.17, 15) is 32.4 Å². The van der Waals surface area contributed by atoms with Gasteiger partial charge in [0.1, 0.15) is 12.1 Å². The Morgan fingerprint density at radius 3 is 2.19 bits per heavy atom. The summed E-state index contributed by atoms with van der Waals surface area (Å²) >= 11 is 0. The molecule has 0 bridgehead atoms. The van der Waals surface area contributed by atoms with Crippen molar-refractivity contribution < 1.29 is 32.4 Å². The Kier molecular flexibility index (Phi) is 10.8. The minimum Gasteiger partial charge on any atom is -0.347 e. The van der Waals surface area contributed by atoms with Crippen molar-refractivity contribution >= 4 is 39.6 Å². The summed E-state index contributed by atoms with van der Waals surface area (Å²) in [5.41, 5.74) is -1.68. The van der Waals surface area contributed by atoms with Crippen LogP contribution < -0.4 is 21.3 Å². The Balaban J connectivity index is 1.34. The molecule has 0 aromatic carbocycles. The van der Waals surface area contributed by atoms with Gasteiger partial charge in [-0.25, -0.2) is 17.5 Å². The van der Waals surface area contributed by atoms with E-state index in [0.29, 0.717) is 45.2 Å². The maximum Gasteiger partial charge on any atom is 0.315 e. The molecule has 4 N–H and O–H groups in total. The minimum atomic E-state index is -3.59. The fourth-order valence-corrected chi connectivity index (χ4v) is 10.7. The molecule has 5 amide bonds. The number of ketones is 1. The molecule has 0 spiro atoms. The van der Waals surface area contributed by atoms with E-state index >= 15 is 0 Å². The summed E-state index contributed by atoms with van der Waals surface area (Å²) < 4.78 is 28.0. The highest BCUT2D eigenvalue weighted by molar-refractivity contribution is 7.90. The van der Waals surface area contributed by atoms with Crippen LogP contribution in [0.2, 0.25) is 0 Å². The maximum absolute atomic E-state index is 14.5. The van der Waals surface area contributed by atoms with Gasteiger partial charge in [0.05, 0.1) is 16.8 Å². The van der Waals surface area contributed by atoms with Gasteiger partial charge in [0.2, 0.25) is 27.6 Å². The van der Waals surface area contributed by atoms with Crippen LogP contribution >= 0.6 is 0 Å². The largest absolute Gasteiger partial charge is 0.347 e. The topological polar surface area (TPSA) is 174 Å². The van der Waals surface area contributed by atoms with Crippen molar-refractivity contribution in [1.82, 2.24) is 30.5 Å². The average Bonchev–Trinajstić information content (AvgIpc) is 3.46. The maximum atomic E-state index is 14.5. The van der Waals surface area contributed by atoms with Gasteiger partial charge in [0.15, 0.2) is 0 Å². The van der Waals surface area contributed by atoms with Crippen LogP contribution in [0.4, 0.5) is 4.79 Å². The summed E-state index contributed by atoms with van der Waals surface area (Å²) in [6, 6.07) is -3.41. The third kappa shape index (κ3) is 7.53. The molecule has 3 aliphatic carbocycles. The molecule has 0 aromatic heterocycles. The zero-order valence-corrected chi connectivity index (χ0v) is 30.1. The highest BCUT2D eigenvalue weighted by Gasteiger charge is 2.54. The average molecular weight is 693 g/mol. The lowest BCUT2D eigenvalue weighted by Crippen LogP contribution is -2.65. The Bertz CT molecular complexity index is 1370. The number of rotatable bonds is 11. The van der Waals surface area contributed by atoms with E-state index in [4.69, 9.17) is 0 Å². The zero-order valence-electron chi connectivity index (χ0n) is 29.3. The third-order valence-corrected chi connectivity index (χ3v) is 13.9. The number of nitrogens with zero attached hydrogens (tertiary/aromatic N) is 2. The molecule has 2 saturated heterocycles. The van der Waals surface area contributed by atoms with Crippen molar-refractivity contribution in [3.63, 3.8) is 0 Å². The Morgan fingerprint density at radius 2 is 1.60 bits per heavy atom. The summed E-state index contributed by atoms with van der Waals surface area (Å²) in [5, 5.41) is 10.8. The molecule has 3 saturated carbocycles. The van der Waals surface area contributed by atoms with E-state index in [0.717, 1.165) is 51.4 Å². The Labute approximate surface area is 285 Å². The molecule has 48 heavy (non-hydrogen) atoms. The van der Waals surface area contributed by atoms with Gasteiger partial charge in [-0.2, -0.15) is 0 Å². The summed E-state index contributed by atoms with van der Waals surface area (Å²) in [4.78, 5) is 69.6. The van der Waals surface area contributed by atoms with Crippen molar-refractivity contribution in [2.45, 2.75) is 146 Å². The molecule has 13 nitrogen and oxygen atoms in total. The van der Waals surface area contributed by atoms with E-state index in [2.05, 4.69) is 21.3 Å². The van der Waals surface area contributed by atoms with Crippen molar-refractivity contribution in [3.05, 3.63) is 0 Å². The number of Topliss-reactive ketones (excluding diaryl/α,β-unsaturated/α-hetero) is 1. The fourth-order valence-electron chi connectivity index (χ4n) is 8.60. The standard InChI is InChI=1S/C34H56N6O7S/c1-6-11-24(27(41)30(43)35-22-14-15-22)36-29(42)26-23-13-10-12-21(23)20-40(26)31(44)28(33(2,3)4)37-32(45)38-34(17-8-7-9-18-34)25-16-19-39(5)48(25,46)47/h21-26,28H,6-20H2,1-5H3,(H,35,43)(H,36,42)(H2,37,38,45)/t21-,23-,24-,25+,26-,28+/m0/s1. The third-order valence-electron chi connectivity index (χ3n) is 11.4. The Hall–Kier alpha value is -2.74. The molecule has 0 radical (unpaired) electrons. The molecule has 0 unspecified atom stereocenters. The molecule has 6 atom stereocenters. The van der Waals surface area contributed by atoms with Gasteiger partial charge in [-0.3, -0.25) is 19.2 Å². The van der Waals surface area contributed by atoms with E-state index in [-0.39, 0.29) is 23.8 Å². The molecule has 0 aromatic rings. The van der Waals surface area contributed by atoms with Gasteiger partial charge < -0.3 is 26.2 Å². The quantitative estimate of drug-likeness (QED) is 0.240. The molecular weight excluding hydrogens is 636 g/mol. The van der Waals surface area contributed by atoms with Crippen LogP contribution in [0.25, 0.3) is 0 Å². The summed E-state index contributed by atoms with van der Waals surface area (Å²) in [6.07, 6.45) is 9.22. The van der Waals surface area contributed by atoms with Gasteiger partial charge in [0.25, 0.3) is 5.91 Å². The number of carbonyl (C=O) groups excluding carboxylic acids is 5. The van der Waals surface area contributed by atoms with Gasteiger partial charge in [0, 0.05) is 26.2 Å². The van der Waals surface area contributed by atoms with Crippen LogP contribution in [0, 0.1) is 17.3 Å². The first kappa shape index (κ1) is 36.5. The predicted molar refractivity (Wildman–Crippen MR) is 180 cm³/mol. The molecule has 14 heteroatoms. The number of likely N-dealkylation sites (tertiary alicyclic amines) is 1. The number of nitrogens with one attached hydrogen (secondary N) is 4. The number of hydrogen-bond acceptors (Lipinski definition) is 7. The van der Waals surface area contributed by atoms with Crippen LogP contribution in [0.3, 0.4) is 0 Å². The first-order chi connectivity index (χ1) is 22.6. The summed E-state index contributed by atoms with van der Waals surface area (Å²) in [6.45, 7) is 8.20. The monoisotopic (exact) mass is 692 g/mol. The second-order valence-electron chi connectivity index (χ2n) is 16.0. The van der Waals surface area contributed by atoms with E-state index in [1.54, 1.807) is 11.9 Å². The van der Waals surface area contributed by atoms with Gasteiger partial charge >= 0.3 is 6.03 Å². The van der Waals surface area contributed by atoms with Crippen LogP contribution in [0.1, 0.15) is 111 Å². The van der Waals surface area contributed by atoms with Gasteiger partial charge in [-0.05, 0) is 68.6 Å². The molecule has 2 aliphatic heterocycles. The first-order valence-electron chi connectivity index (χ1n) is 18.1.